The molecule has 1 aromatic carbocycles. The van der Waals surface area contributed by atoms with Gasteiger partial charge in [-0.05, 0) is 49.7 Å². The summed E-state index contributed by atoms with van der Waals surface area (Å²) in [5.41, 5.74) is 10.3. The van der Waals surface area contributed by atoms with Crippen molar-refractivity contribution in [1.29, 1.82) is 0 Å². The van der Waals surface area contributed by atoms with E-state index < -0.39 is 0 Å². The van der Waals surface area contributed by atoms with Crippen molar-refractivity contribution in [2.75, 3.05) is 24.1 Å². The highest BCUT2D eigenvalue weighted by Gasteiger charge is 2.24. The Kier molecular flexibility index (Phi) is 4.10. The summed E-state index contributed by atoms with van der Waals surface area (Å²) in [6.45, 7) is 8.50. The van der Waals surface area contributed by atoms with Gasteiger partial charge in [-0.3, -0.25) is 9.69 Å². The van der Waals surface area contributed by atoms with Gasteiger partial charge in [-0.2, -0.15) is 0 Å². The standard InChI is InChI=1S/C15H23N3O/c1-4-18(5-2)10(3)15-11-6-9-14(19)17-13(11)8-7-12(15)16/h7-8,10H,4-6,9,16H2,1-3H3,(H,17,19). The number of nitrogens with zero attached hydrogens (tertiary/aromatic N) is 1. The Bertz CT molecular complexity index is 481. The van der Waals surface area contributed by atoms with Gasteiger partial charge in [-0.25, -0.2) is 0 Å². The van der Waals surface area contributed by atoms with Gasteiger partial charge in [0, 0.05) is 23.8 Å². The van der Waals surface area contributed by atoms with Gasteiger partial charge in [-0.15, -0.1) is 0 Å². The Labute approximate surface area is 115 Å². The fourth-order valence-corrected chi connectivity index (χ4v) is 2.97. The Morgan fingerprint density at radius 1 is 1.32 bits per heavy atom. The predicted molar refractivity (Wildman–Crippen MR) is 79.1 cm³/mol. The van der Waals surface area contributed by atoms with Gasteiger partial charge in [0.1, 0.15) is 0 Å². The van der Waals surface area contributed by atoms with E-state index in [1.807, 2.05) is 12.1 Å². The van der Waals surface area contributed by atoms with E-state index in [0.29, 0.717) is 6.42 Å². The molecule has 19 heavy (non-hydrogen) atoms. The minimum atomic E-state index is 0.0960. The van der Waals surface area contributed by atoms with E-state index in [-0.39, 0.29) is 11.9 Å². The van der Waals surface area contributed by atoms with Crippen molar-refractivity contribution >= 4 is 17.3 Å². The highest BCUT2D eigenvalue weighted by atomic mass is 16.1. The molecule has 0 spiro atoms. The first kappa shape index (κ1) is 13.9. The van der Waals surface area contributed by atoms with Crippen molar-refractivity contribution in [2.45, 2.75) is 39.7 Å². The van der Waals surface area contributed by atoms with Crippen molar-refractivity contribution in [1.82, 2.24) is 4.90 Å². The highest BCUT2D eigenvalue weighted by molar-refractivity contribution is 5.94. The number of amides is 1. The summed E-state index contributed by atoms with van der Waals surface area (Å²) in [7, 11) is 0. The van der Waals surface area contributed by atoms with Crippen molar-refractivity contribution in [3.8, 4) is 0 Å². The summed E-state index contributed by atoms with van der Waals surface area (Å²) in [5, 5.41) is 2.94. The second-order valence-corrected chi connectivity index (χ2v) is 5.04. The molecule has 0 radical (unpaired) electrons. The van der Waals surface area contributed by atoms with Gasteiger partial charge in [0.15, 0.2) is 0 Å². The third-order valence-electron chi connectivity index (χ3n) is 4.04. The molecule has 1 aromatic rings. The molecule has 4 heteroatoms. The summed E-state index contributed by atoms with van der Waals surface area (Å²) in [4.78, 5) is 13.9. The minimum Gasteiger partial charge on any atom is -0.398 e. The SMILES string of the molecule is CCN(CC)C(C)c1c(N)ccc2c1CCC(=O)N2. The van der Waals surface area contributed by atoms with E-state index >= 15 is 0 Å². The molecular weight excluding hydrogens is 238 g/mol. The lowest BCUT2D eigenvalue weighted by Crippen LogP contribution is -2.29. The first-order valence-corrected chi connectivity index (χ1v) is 7.03. The Morgan fingerprint density at radius 2 is 2.00 bits per heavy atom. The molecule has 0 aliphatic carbocycles. The van der Waals surface area contributed by atoms with E-state index in [0.717, 1.165) is 30.9 Å². The van der Waals surface area contributed by atoms with Crippen molar-refractivity contribution in [3.63, 3.8) is 0 Å². The van der Waals surface area contributed by atoms with Crippen LogP contribution in [-0.2, 0) is 11.2 Å². The van der Waals surface area contributed by atoms with E-state index in [1.165, 1.54) is 11.1 Å². The summed E-state index contributed by atoms with van der Waals surface area (Å²) >= 11 is 0. The smallest absolute Gasteiger partial charge is 0.224 e. The van der Waals surface area contributed by atoms with E-state index in [2.05, 4.69) is 31.0 Å². The molecule has 0 aromatic heterocycles. The van der Waals surface area contributed by atoms with E-state index in [4.69, 9.17) is 5.73 Å². The molecule has 0 bridgehead atoms. The Hall–Kier alpha value is -1.55. The largest absolute Gasteiger partial charge is 0.398 e. The van der Waals surface area contributed by atoms with Crippen LogP contribution in [-0.4, -0.2) is 23.9 Å². The average molecular weight is 261 g/mol. The third kappa shape index (κ3) is 2.59. The molecule has 1 unspecified atom stereocenters. The van der Waals surface area contributed by atoms with Gasteiger partial charge in [0.2, 0.25) is 5.91 Å². The number of fused-ring (bicyclic) bond motifs is 1. The average Bonchev–Trinajstić information content (AvgIpc) is 2.40. The van der Waals surface area contributed by atoms with Gasteiger partial charge < -0.3 is 11.1 Å². The molecule has 0 saturated heterocycles. The quantitative estimate of drug-likeness (QED) is 0.819. The summed E-state index contributed by atoms with van der Waals surface area (Å²) in [6.07, 6.45) is 1.33. The molecule has 1 aliphatic heterocycles. The maximum Gasteiger partial charge on any atom is 0.224 e. The Morgan fingerprint density at radius 3 is 2.63 bits per heavy atom. The molecule has 1 amide bonds. The summed E-state index contributed by atoms with van der Waals surface area (Å²) < 4.78 is 0. The van der Waals surface area contributed by atoms with Gasteiger partial charge in [0.05, 0.1) is 0 Å². The van der Waals surface area contributed by atoms with Crippen LogP contribution in [0.3, 0.4) is 0 Å². The van der Waals surface area contributed by atoms with Crippen LogP contribution in [0.25, 0.3) is 0 Å². The van der Waals surface area contributed by atoms with Crippen molar-refractivity contribution < 1.29 is 4.79 Å². The molecule has 1 atom stereocenters. The maximum atomic E-state index is 11.5. The highest BCUT2D eigenvalue weighted by Crippen LogP contribution is 2.36. The molecule has 0 fully saturated rings. The van der Waals surface area contributed by atoms with E-state index in [9.17, 15) is 4.79 Å². The number of nitrogens with one attached hydrogen (secondary N) is 1. The second kappa shape index (κ2) is 5.61. The lowest BCUT2D eigenvalue weighted by atomic mass is 9.91. The van der Waals surface area contributed by atoms with Crippen LogP contribution in [0.5, 0.6) is 0 Å². The van der Waals surface area contributed by atoms with E-state index in [1.54, 1.807) is 0 Å². The first-order valence-electron chi connectivity index (χ1n) is 7.03. The zero-order valence-corrected chi connectivity index (χ0v) is 12.0. The van der Waals surface area contributed by atoms with Crippen LogP contribution in [0.15, 0.2) is 12.1 Å². The Balaban J connectivity index is 2.44. The van der Waals surface area contributed by atoms with Gasteiger partial charge in [-0.1, -0.05) is 13.8 Å². The number of hydrogen-bond donors (Lipinski definition) is 2. The number of carbonyl (C=O) groups excluding carboxylic acids is 1. The van der Waals surface area contributed by atoms with Crippen LogP contribution < -0.4 is 11.1 Å². The normalized spacial score (nSPS) is 16.1. The number of rotatable bonds is 4. The fourth-order valence-electron chi connectivity index (χ4n) is 2.97. The lowest BCUT2D eigenvalue weighted by molar-refractivity contribution is -0.116. The second-order valence-electron chi connectivity index (χ2n) is 5.04. The minimum absolute atomic E-state index is 0.0960. The number of nitrogen functional groups attached to an aromatic ring is 1. The zero-order chi connectivity index (χ0) is 14.0. The van der Waals surface area contributed by atoms with Gasteiger partial charge in [0.25, 0.3) is 0 Å². The molecule has 1 heterocycles. The molecule has 4 nitrogen and oxygen atoms in total. The third-order valence-corrected chi connectivity index (χ3v) is 4.04. The summed E-state index contributed by atoms with van der Waals surface area (Å²) in [5.74, 6) is 0.0960. The van der Waals surface area contributed by atoms with Crippen LogP contribution in [0.4, 0.5) is 11.4 Å². The molecule has 3 N–H and O–H groups in total. The lowest BCUT2D eigenvalue weighted by Gasteiger charge is -2.31. The van der Waals surface area contributed by atoms with Crippen molar-refractivity contribution in [3.05, 3.63) is 23.3 Å². The zero-order valence-electron chi connectivity index (χ0n) is 12.0. The maximum absolute atomic E-state index is 11.5. The fraction of sp³-hybridized carbons (Fsp3) is 0.533. The van der Waals surface area contributed by atoms with Crippen molar-refractivity contribution in [2.24, 2.45) is 0 Å². The van der Waals surface area contributed by atoms with Crippen LogP contribution in [0.2, 0.25) is 0 Å². The number of benzene rings is 1. The molecule has 1 aliphatic rings. The number of nitrogens with two attached hydrogens (primary N) is 1. The van der Waals surface area contributed by atoms with Crippen LogP contribution in [0.1, 0.15) is 44.4 Å². The summed E-state index contributed by atoms with van der Waals surface area (Å²) in [6, 6.07) is 4.10. The number of carbonyl (C=O) groups is 1. The van der Waals surface area contributed by atoms with Crippen LogP contribution in [0, 0.1) is 0 Å². The molecule has 0 saturated carbocycles. The monoisotopic (exact) mass is 261 g/mol. The van der Waals surface area contributed by atoms with Crippen LogP contribution >= 0.6 is 0 Å². The topological polar surface area (TPSA) is 58.4 Å². The molecule has 2 rings (SSSR count). The molecule has 104 valence electrons. The predicted octanol–water partition coefficient (Wildman–Crippen LogP) is 2.56. The number of anilines is 2. The van der Waals surface area contributed by atoms with Gasteiger partial charge >= 0.3 is 0 Å². The molecular formula is C15H23N3O. The first-order chi connectivity index (χ1) is 9.08. The number of hydrogen-bond acceptors (Lipinski definition) is 3.